The van der Waals surface area contributed by atoms with Crippen molar-refractivity contribution in [2.75, 3.05) is 16.8 Å². The van der Waals surface area contributed by atoms with Gasteiger partial charge in [-0.3, -0.25) is 4.79 Å². The van der Waals surface area contributed by atoms with Crippen LogP contribution in [0.2, 0.25) is 5.02 Å². The summed E-state index contributed by atoms with van der Waals surface area (Å²) in [5, 5.41) is 3.86. The third-order valence-corrected chi connectivity index (χ3v) is 3.31. The van der Waals surface area contributed by atoms with Gasteiger partial charge in [0.2, 0.25) is 5.91 Å². The van der Waals surface area contributed by atoms with E-state index in [-0.39, 0.29) is 11.7 Å². The van der Waals surface area contributed by atoms with Crippen LogP contribution in [0.3, 0.4) is 0 Å². The average Bonchev–Trinajstić information content (AvgIpc) is 2.84. The molecule has 1 aromatic carbocycles. The van der Waals surface area contributed by atoms with Crippen LogP contribution in [-0.2, 0) is 4.79 Å². The van der Waals surface area contributed by atoms with E-state index >= 15 is 0 Å². The fourth-order valence-electron chi connectivity index (χ4n) is 1.29. The van der Waals surface area contributed by atoms with E-state index in [1.165, 1.54) is 11.8 Å². The molecule has 1 amide bonds. The highest BCUT2D eigenvalue weighted by Gasteiger charge is 2.07. The first kappa shape index (κ1) is 12.8. The smallest absolute Gasteiger partial charge is 0.234 e. The Morgan fingerprint density at radius 3 is 3.11 bits per heavy atom. The summed E-state index contributed by atoms with van der Waals surface area (Å²) in [6.45, 7) is 0. The second-order valence-electron chi connectivity index (χ2n) is 3.47. The fraction of sp³-hybridized carbons (Fsp3) is 0.0909. The van der Waals surface area contributed by atoms with E-state index in [4.69, 9.17) is 17.3 Å². The Morgan fingerprint density at radius 1 is 1.56 bits per heavy atom. The maximum absolute atomic E-state index is 11.7. The second-order valence-corrected chi connectivity index (χ2v) is 4.84. The lowest BCUT2D eigenvalue weighted by Crippen LogP contribution is -2.14. The molecular formula is C11H11ClN4OS. The zero-order valence-electron chi connectivity index (χ0n) is 9.31. The SMILES string of the molecule is Nc1ccc(Cl)c(NC(=O)CSc2ncc[nH]2)c1. The summed E-state index contributed by atoms with van der Waals surface area (Å²) in [5.41, 5.74) is 6.69. The predicted octanol–water partition coefficient (Wildman–Crippen LogP) is 2.38. The molecule has 4 N–H and O–H groups in total. The summed E-state index contributed by atoms with van der Waals surface area (Å²) < 4.78 is 0. The van der Waals surface area contributed by atoms with Crippen molar-refractivity contribution >= 4 is 40.6 Å². The molecule has 5 nitrogen and oxygen atoms in total. The molecule has 0 radical (unpaired) electrons. The van der Waals surface area contributed by atoms with Crippen LogP contribution in [0.15, 0.2) is 35.7 Å². The molecule has 0 aliphatic heterocycles. The summed E-state index contributed by atoms with van der Waals surface area (Å²) >= 11 is 7.26. The first-order valence-electron chi connectivity index (χ1n) is 5.12. The molecule has 1 aromatic heterocycles. The number of carbonyl (C=O) groups is 1. The van der Waals surface area contributed by atoms with E-state index in [0.29, 0.717) is 21.6 Å². The van der Waals surface area contributed by atoms with Crippen LogP contribution in [0.1, 0.15) is 0 Å². The van der Waals surface area contributed by atoms with E-state index in [0.717, 1.165) is 0 Å². The number of aromatic nitrogens is 2. The number of benzene rings is 1. The fourth-order valence-corrected chi connectivity index (χ4v) is 2.08. The molecule has 0 aliphatic rings. The highest BCUT2D eigenvalue weighted by molar-refractivity contribution is 7.99. The van der Waals surface area contributed by atoms with Crippen molar-refractivity contribution in [3.05, 3.63) is 35.6 Å². The van der Waals surface area contributed by atoms with Gasteiger partial charge in [0, 0.05) is 18.1 Å². The Morgan fingerprint density at radius 2 is 2.39 bits per heavy atom. The van der Waals surface area contributed by atoms with Gasteiger partial charge in [0.15, 0.2) is 5.16 Å². The van der Waals surface area contributed by atoms with Crippen LogP contribution in [0.5, 0.6) is 0 Å². The number of nitrogens with one attached hydrogen (secondary N) is 2. The molecule has 0 bridgehead atoms. The van der Waals surface area contributed by atoms with Crippen LogP contribution < -0.4 is 11.1 Å². The predicted molar refractivity (Wildman–Crippen MR) is 73.8 cm³/mol. The van der Waals surface area contributed by atoms with Crippen LogP contribution >= 0.6 is 23.4 Å². The number of thioether (sulfide) groups is 1. The lowest BCUT2D eigenvalue weighted by Gasteiger charge is -2.07. The molecule has 7 heteroatoms. The number of hydrogen-bond acceptors (Lipinski definition) is 4. The molecule has 0 saturated carbocycles. The first-order chi connectivity index (χ1) is 8.65. The zero-order valence-corrected chi connectivity index (χ0v) is 10.9. The highest BCUT2D eigenvalue weighted by Crippen LogP contribution is 2.24. The Bertz CT molecular complexity index is 544. The number of carbonyl (C=O) groups excluding carboxylic acids is 1. The van der Waals surface area contributed by atoms with E-state index in [1.807, 2.05) is 0 Å². The molecule has 18 heavy (non-hydrogen) atoms. The molecule has 1 heterocycles. The third-order valence-electron chi connectivity index (χ3n) is 2.08. The lowest BCUT2D eigenvalue weighted by atomic mass is 10.3. The maximum atomic E-state index is 11.7. The van der Waals surface area contributed by atoms with Gasteiger partial charge < -0.3 is 16.0 Å². The number of imidazole rings is 1. The summed E-state index contributed by atoms with van der Waals surface area (Å²) in [6.07, 6.45) is 3.34. The molecular weight excluding hydrogens is 272 g/mol. The number of H-pyrrole nitrogens is 1. The molecule has 0 unspecified atom stereocenters. The topological polar surface area (TPSA) is 83.8 Å². The summed E-state index contributed by atoms with van der Waals surface area (Å²) in [7, 11) is 0. The van der Waals surface area contributed by atoms with E-state index in [9.17, 15) is 4.79 Å². The van der Waals surface area contributed by atoms with Crippen LogP contribution in [0.4, 0.5) is 11.4 Å². The van der Waals surface area contributed by atoms with Crippen molar-refractivity contribution in [1.29, 1.82) is 0 Å². The molecule has 0 atom stereocenters. The van der Waals surface area contributed by atoms with Crippen LogP contribution in [-0.4, -0.2) is 21.6 Å². The van der Waals surface area contributed by atoms with E-state index < -0.39 is 0 Å². The van der Waals surface area contributed by atoms with Gasteiger partial charge in [-0.1, -0.05) is 23.4 Å². The number of amides is 1. The summed E-state index contributed by atoms with van der Waals surface area (Å²) in [6, 6.07) is 4.94. The first-order valence-corrected chi connectivity index (χ1v) is 6.48. The van der Waals surface area contributed by atoms with Crippen molar-refractivity contribution in [2.45, 2.75) is 5.16 Å². The largest absolute Gasteiger partial charge is 0.399 e. The molecule has 94 valence electrons. The van der Waals surface area contributed by atoms with Crippen molar-refractivity contribution in [2.24, 2.45) is 0 Å². The summed E-state index contributed by atoms with van der Waals surface area (Å²) in [5.74, 6) is 0.0856. The average molecular weight is 283 g/mol. The Labute approximate surface area is 113 Å². The Balaban J connectivity index is 1.92. The quantitative estimate of drug-likeness (QED) is 0.594. The van der Waals surface area contributed by atoms with Gasteiger partial charge in [-0.15, -0.1) is 0 Å². The monoisotopic (exact) mass is 282 g/mol. The van der Waals surface area contributed by atoms with Gasteiger partial charge in [0.25, 0.3) is 0 Å². The van der Waals surface area contributed by atoms with Gasteiger partial charge in [-0.25, -0.2) is 4.98 Å². The number of nitrogens with zero attached hydrogens (tertiary/aromatic N) is 1. The number of nitrogen functional groups attached to an aromatic ring is 1. The lowest BCUT2D eigenvalue weighted by molar-refractivity contribution is -0.113. The number of nitrogens with two attached hydrogens (primary N) is 1. The van der Waals surface area contributed by atoms with E-state index in [2.05, 4.69) is 15.3 Å². The number of hydrogen-bond donors (Lipinski definition) is 3. The molecule has 0 spiro atoms. The maximum Gasteiger partial charge on any atom is 0.234 e. The molecule has 0 saturated heterocycles. The Hall–Kier alpha value is -1.66. The Kier molecular flexibility index (Phi) is 4.11. The van der Waals surface area contributed by atoms with E-state index in [1.54, 1.807) is 30.6 Å². The second kappa shape index (κ2) is 5.79. The number of anilines is 2. The van der Waals surface area contributed by atoms with Gasteiger partial charge in [0.05, 0.1) is 16.5 Å². The van der Waals surface area contributed by atoms with Crippen molar-refractivity contribution in [1.82, 2.24) is 9.97 Å². The number of aromatic amines is 1. The van der Waals surface area contributed by atoms with Crippen LogP contribution in [0.25, 0.3) is 0 Å². The standard InChI is InChI=1S/C11H11ClN4OS/c12-8-2-1-7(13)5-9(8)16-10(17)6-18-11-14-3-4-15-11/h1-5H,6,13H2,(H,14,15)(H,16,17). The van der Waals surface area contributed by atoms with Gasteiger partial charge >= 0.3 is 0 Å². The van der Waals surface area contributed by atoms with Crippen molar-refractivity contribution in [3.8, 4) is 0 Å². The molecule has 2 rings (SSSR count). The number of rotatable bonds is 4. The van der Waals surface area contributed by atoms with Gasteiger partial charge in [-0.2, -0.15) is 0 Å². The minimum atomic E-state index is -0.163. The van der Waals surface area contributed by atoms with Crippen molar-refractivity contribution in [3.63, 3.8) is 0 Å². The molecule has 0 aliphatic carbocycles. The normalized spacial score (nSPS) is 10.3. The number of halogens is 1. The van der Waals surface area contributed by atoms with Gasteiger partial charge in [0.1, 0.15) is 0 Å². The van der Waals surface area contributed by atoms with Crippen molar-refractivity contribution < 1.29 is 4.79 Å². The van der Waals surface area contributed by atoms with Crippen LogP contribution in [0, 0.1) is 0 Å². The zero-order chi connectivity index (χ0) is 13.0. The third kappa shape index (κ3) is 3.41. The minimum absolute atomic E-state index is 0.163. The molecule has 2 aromatic rings. The summed E-state index contributed by atoms with van der Waals surface area (Å²) in [4.78, 5) is 18.6. The minimum Gasteiger partial charge on any atom is -0.399 e. The molecule has 0 fully saturated rings. The highest BCUT2D eigenvalue weighted by atomic mass is 35.5. The van der Waals surface area contributed by atoms with Gasteiger partial charge in [-0.05, 0) is 18.2 Å².